The highest BCUT2D eigenvalue weighted by Gasteiger charge is 2.59. The van der Waals surface area contributed by atoms with Crippen LogP contribution >= 0.6 is 0 Å². The van der Waals surface area contributed by atoms with Gasteiger partial charge in [0, 0.05) is 55.5 Å². The highest BCUT2D eigenvalue weighted by Crippen LogP contribution is 2.44. The third kappa shape index (κ3) is 9.15. The van der Waals surface area contributed by atoms with Gasteiger partial charge in [-0.2, -0.15) is 0 Å². The van der Waals surface area contributed by atoms with Crippen molar-refractivity contribution in [2.45, 2.75) is 156 Å². The Morgan fingerprint density at radius 2 is 1.69 bits per heavy atom. The van der Waals surface area contributed by atoms with Crippen LogP contribution in [-0.2, 0) is 39.9 Å². The van der Waals surface area contributed by atoms with E-state index in [1.54, 1.807) is 30.5 Å². The molecule has 3 fully saturated rings. The quantitative estimate of drug-likeness (QED) is 0.162. The molecule has 1 unspecified atom stereocenters. The monoisotopic (exact) mass is 766 g/mol. The fourth-order valence-corrected chi connectivity index (χ4v) is 9.13. The van der Waals surface area contributed by atoms with Crippen LogP contribution in [0, 0.1) is 29.1 Å². The number of aliphatic hydroxyl groups excluding tert-OH is 1. The summed E-state index contributed by atoms with van der Waals surface area (Å²) in [6.45, 7) is 17.6. The number of cyclic esters (lactones) is 1. The van der Waals surface area contributed by atoms with Crippen LogP contribution < -0.4 is 0 Å². The third-order valence-electron chi connectivity index (χ3n) is 12.3. The van der Waals surface area contributed by atoms with E-state index in [9.17, 15) is 24.3 Å². The van der Waals surface area contributed by atoms with Crippen molar-refractivity contribution in [1.29, 1.82) is 0 Å². The Kier molecular flexibility index (Phi) is 13.6. The second-order valence-corrected chi connectivity index (χ2v) is 16.9. The molecule has 0 spiro atoms. The Bertz CT molecular complexity index is 1650. The molecule has 5 heterocycles. The molecule has 1 N–H and O–H groups in total. The maximum Gasteiger partial charge on any atom is 0.410 e. The van der Waals surface area contributed by atoms with Crippen molar-refractivity contribution in [3.8, 4) is 11.3 Å². The molecule has 1 amide bonds. The number of carbonyl (C=O) groups excluding carboxylic acids is 4. The Morgan fingerprint density at radius 3 is 2.36 bits per heavy atom. The molecule has 3 aliphatic heterocycles. The average molecular weight is 767 g/mol. The molecule has 5 rings (SSSR count). The maximum atomic E-state index is 14.4. The van der Waals surface area contributed by atoms with Gasteiger partial charge in [-0.15, -0.1) is 0 Å². The van der Waals surface area contributed by atoms with Crippen LogP contribution in [0.25, 0.3) is 11.3 Å². The number of rotatable bonds is 10. The van der Waals surface area contributed by atoms with Gasteiger partial charge >= 0.3 is 12.1 Å². The molecule has 0 radical (unpaired) electrons. The van der Waals surface area contributed by atoms with Gasteiger partial charge in [0.15, 0.2) is 17.7 Å². The Hall–Kier alpha value is -3.68. The van der Waals surface area contributed by atoms with Gasteiger partial charge in [-0.25, -0.2) is 9.78 Å². The molecule has 2 aromatic heterocycles. The Morgan fingerprint density at radius 1 is 1.00 bits per heavy atom. The second kappa shape index (κ2) is 17.6. The number of carbonyl (C=O) groups is 4. The minimum absolute atomic E-state index is 0.0106. The van der Waals surface area contributed by atoms with E-state index in [2.05, 4.69) is 9.97 Å². The molecular weight excluding hydrogens is 704 g/mol. The summed E-state index contributed by atoms with van der Waals surface area (Å²) in [5.74, 6) is -3.68. The van der Waals surface area contributed by atoms with E-state index in [0.717, 1.165) is 17.7 Å². The maximum absolute atomic E-state index is 14.4. The highest BCUT2D eigenvalue weighted by molar-refractivity contribution is 6.00. The number of imidazole rings is 1. The molecule has 11 atom stereocenters. The SMILES string of the molecule is CC[C@H]1OC(=O)[C@H](C)C(=O)[C@H](C)[C@@H](OC2O[C@H](C)C[C@H](C)[C@H]2O)C(C)(C)C[C@@H](C)C(=O)C[C@H]2N(CCCCn3cnc(-c4ccncc4)c3)C(=O)O[C@]12CC. The van der Waals surface area contributed by atoms with Gasteiger partial charge in [0.2, 0.25) is 0 Å². The molecule has 304 valence electrons. The number of esters is 1. The summed E-state index contributed by atoms with van der Waals surface area (Å²) in [6.07, 6.45) is 5.95. The number of hydrogen-bond donors (Lipinski definition) is 1. The van der Waals surface area contributed by atoms with E-state index >= 15 is 0 Å². The predicted octanol–water partition coefficient (Wildman–Crippen LogP) is 6.40. The molecule has 0 saturated carbocycles. The van der Waals surface area contributed by atoms with Gasteiger partial charge in [-0.05, 0) is 75.8 Å². The average Bonchev–Trinajstić information content (AvgIpc) is 3.74. The van der Waals surface area contributed by atoms with E-state index in [4.69, 9.17) is 18.9 Å². The van der Waals surface area contributed by atoms with Crippen molar-refractivity contribution >= 4 is 23.6 Å². The lowest BCUT2D eigenvalue weighted by atomic mass is 9.70. The van der Waals surface area contributed by atoms with Gasteiger partial charge in [0.1, 0.15) is 23.9 Å². The Balaban J connectivity index is 1.40. The van der Waals surface area contributed by atoms with Crippen LogP contribution in [0.5, 0.6) is 0 Å². The summed E-state index contributed by atoms with van der Waals surface area (Å²) in [4.78, 5) is 66.5. The van der Waals surface area contributed by atoms with Gasteiger partial charge < -0.3 is 33.5 Å². The van der Waals surface area contributed by atoms with Crippen LogP contribution in [0.15, 0.2) is 37.1 Å². The second-order valence-electron chi connectivity index (χ2n) is 16.9. The number of nitrogens with zero attached hydrogens (tertiary/aromatic N) is 4. The molecule has 0 bridgehead atoms. The standard InChI is InChI=1S/C42H62N4O9/c1-10-34-42(11-2)33(46(40(51)55-42)19-13-12-18-45-23-31(44-24-45)30-14-16-43-17-15-30)21-32(47)26(4)22-41(8,9)37(28(6)36(49)29(7)38(50)53-34)54-39-35(48)25(3)20-27(5)52-39/h14-17,23-29,33-35,37,39,48H,10-13,18-22H2,1-9H3/t25-,26+,27+,28-,29+,33+,34+,35+,37+,39?,42-/m0/s1. The lowest BCUT2D eigenvalue weighted by molar-refractivity contribution is -0.284. The van der Waals surface area contributed by atoms with Crippen LogP contribution in [0.3, 0.4) is 0 Å². The van der Waals surface area contributed by atoms with E-state index < -0.39 is 71.5 Å². The number of aliphatic hydroxyl groups is 1. The van der Waals surface area contributed by atoms with Crippen molar-refractivity contribution in [2.24, 2.45) is 29.1 Å². The molecule has 3 aliphatic rings. The lowest BCUT2D eigenvalue weighted by Gasteiger charge is -2.45. The number of Topliss-reactive ketones (excluding diaryl/α,β-unsaturated/α-hetero) is 2. The number of ketones is 2. The summed E-state index contributed by atoms with van der Waals surface area (Å²) in [5, 5.41) is 11.1. The van der Waals surface area contributed by atoms with Crippen LogP contribution in [-0.4, -0.2) is 97.1 Å². The smallest absolute Gasteiger partial charge is 0.410 e. The number of amides is 1. The number of hydrogen-bond acceptors (Lipinski definition) is 11. The summed E-state index contributed by atoms with van der Waals surface area (Å²) in [5.41, 5.74) is -0.238. The zero-order valence-corrected chi connectivity index (χ0v) is 34.1. The number of aromatic nitrogens is 3. The van der Waals surface area contributed by atoms with E-state index in [1.165, 1.54) is 6.92 Å². The largest absolute Gasteiger partial charge is 0.457 e. The molecule has 0 aliphatic carbocycles. The number of aryl methyl sites for hydroxylation is 1. The van der Waals surface area contributed by atoms with Gasteiger partial charge in [0.25, 0.3) is 0 Å². The molecular formula is C42H62N4O9. The summed E-state index contributed by atoms with van der Waals surface area (Å²) < 4.78 is 27.0. The van der Waals surface area contributed by atoms with Crippen molar-refractivity contribution in [1.82, 2.24) is 19.4 Å². The highest BCUT2D eigenvalue weighted by atomic mass is 16.7. The van der Waals surface area contributed by atoms with Crippen molar-refractivity contribution < 1.29 is 43.2 Å². The van der Waals surface area contributed by atoms with Crippen molar-refractivity contribution in [3.63, 3.8) is 0 Å². The number of unbranched alkanes of at least 4 members (excludes halogenated alkanes) is 1. The summed E-state index contributed by atoms with van der Waals surface area (Å²) >= 11 is 0. The number of fused-ring (bicyclic) bond motifs is 1. The van der Waals surface area contributed by atoms with Crippen molar-refractivity contribution in [3.05, 3.63) is 37.1 Å². The first-order valence-corrected chi connectivity index (χ1v) is 20.2. The predicted molar refractivity (Wildman–Crippen MR) is 204 cm³/mol. The molecule has 3 saturated heterocycles. The third-order valence-corrected chi connectivity index (χ3v) is 12.3. The number of ether oxygens (including phenoxy) is 4. The van der Waals surface area contributed by atoms with E-state index in [0.29, 0.717) is 45.2 Å². The fourth-order valence-electron chi connectivity index (χ4n) is 9.13. The lowest BCUT2D eigenvalue weighted by Crippen LogP contribution is -2.56. The van der Waals surface area contributed by atoms with Crippen LogP contribution in [0.1, 0.15) is 107 Å². The molecule has 13 heteroatoms. The van der Waals surface area contributed by atoms with Gasteiger partial charge in [0.05, 0.1) is 30.3 Å². The van der Waals surface area contributed by atoms with Crippen LogP contribution in [0.2, 0.25) is 0 Å². The van der Waals surface area contributed by atoms with E-state index in [-0.39, 0.29) is 30.0 Å². The molecule has 0 aromatic carbocycles. The topological polar surface area (TPSA) is 159 Å². The molecule has 55 heavy (non-hydrogen) atoms. The summed E-state index contributed by atoms with van der Waals surface area (Å²) in [6, 6.07) is 3.12. The van der Waals surface area contributed by atoms with Crippen molar-refractivity contribution in [2.75, 3.05) is 6.54 Å². The van der Waals surface area contributed by atoms with Gasteiger partial charge in [-0.1, -0.05) is 48.5 Å². The summed E-state index contributed by atoms with van der Waals surface area (Å²) in [7, 11) is 0. The minimum Gasteiger partial charge on any atom is -0.457 e. The van der Waals surface area contributed by atoms with E-state index in [1.807, 2.05) is 71.4 Å². The molecule has 2 aromatic rings. The normalized spacial score (nSPS) is 34.8. The zero-order valence-electron chi connectivity index (χ0n) is 34.1. The molecule has 13 nitrogen and oxygen atoms in total. The number of pyridine rings is 1. The van der Waals surface area contributed by atoms with Crippen LogP contribution in [0.4, 0.5) is 4.79 Å². The van der Waals surface area contributed by atoms with Gasteiger partial charge in [-0.3, -0.25) is 19.4 Å². The minimum atomic E-state index is -1.29. The first-order chi connectivity index (χ1) is 26.0. The zero-order chi connectivity index (χ0) is 40.2. The Labute approximate surface area is 325 Å². The first-order valence-electron chi connectivity index (χ1n) is 20.2. The fraction of sp³-hybridized carbons (Fsp3) is 0.714. The first kappa shape index (κ1) is 42.5.